The number of esters is 2. The van der Waals surface area contributed by atoms with Crippen LogP contribution in [-0.2, 0) is 19.1 Å². The van der Waals surface area contributed by atoms with Crippen molar-refractivity contribution in [1.82, 2.24) is 0 Å². The Hall–Kier alpha value is -1.58. The van der Waals surface area contributed by atoms with Crippen molar-refractivity contribution in [3.63, 3.8) is 0 Å². The zero-order valence-corrected chi connectivity index (χ0v) is 25.0. The van der Waals surface area contributed by atoms with E-state index < -0.39 is 0 Å². The maximum atomic E-state index is 11.8. The molecule has 3 aliphatic carbocycles. The summed E-state index contributed by atoms with van der Waals surface area (Å²) in [5, 5.41) is 0. The molecule has 4 nitrogen and oxygen atoms in total. The van der Waals surface area contributed by atoms with E-state index in [0.29, 0.717) is 36.2 Å². The fraction of sp³-hybridized carbons (Fsp3) is 0.824. The molecule has 0 amide bonds. The minimum absolute atomic E-state index is 0.272. The van der Waals surface area contributed by atoms with Crippen LogP contribution in [0.3, 0.4) is 0 Å². The molecule has 38 heavy (non-hydrogen) atoms. The molecule has 0 bridgehead atoms. The highest BCUT2D eigenvalue weighted by atomic mass is 16.5. The Balaban J connectivity index is 1.53. The van der Waals surface area contributed by atoms with Gasteiger partial charge in [0.1, 0.15) is 0 Å². The molecule has 0 aromatic heterocycles. The normalized spacial score (nSPS) is 33.8. The van der Waals surface area contributed by atoms with Crippen LogP contribution in [0.2, 0.25) is 0 Å². The Bertz CT molecular complexity index is 750. The van der Waals surface area contributed by atoms with E-state index >= 15 is 0 Å². The highest BCUT2D eigenvalue weighted by molar-refractivity contribution is 5.87. The Morgan fingerprint density at radius 2 is 1.16 bits per heavy atom. The van der Waals surface area contributed by atoms with Gasteiger partial charge in [-0.25, -0.2) is 9.59 Å². The second kappa shape index (κ2) is 15.3. The summed E-state index contributed by atoms with van der Waals surface area (Å²) < 4.78 is 10.8. The fourth-order valence-corrected chi connectivity index (χ4v) is 8.10. The Labute approximate surface area is 233 Å². The molecule has 0 heterocycles. The second-order valence-electron chi connectivity index (χ2n) is 13.6. The summed E-state index contributed by atoms with van der Waals surface area (Å²) in [5.41, 5.74) is 0.949. The summed E-state index contributed by atoms with van der Waals surface area (Å²) in [5.74, 6) is 6.20. The van der Waals surface area contributed by atoms with E-state index in [9.17, 15) is 9.59 Å². The summed E-state index contributed by atoms with van der Waals surface area (Å²) in [7, 11) is 0. The van der Waals surface area contributed by atoms with E-state index in [1.165, 1.54) is 64.2 Å². The van der Waals surface area contributed by atoms with Gasteiger partial charge in [-0.15, -0.1) is 0 Å². The van der Waals surface area contributed by atoms with Crippen molar-refractivity contribution >= 4 is 11.9 Å². The molecule has 0 N–H and O–H groups in total. The number of carbonyl (C=O) groups excluding carboxylic acids is 2. The molecule has 0 radical (unpaired) electrons. The molecular formula is C34H56O4. The minimum atomic E-state index is -0.272. The molecule has 0 aromatic rings. The topological polar surface area (TPSA) is 52.6 Å². The predicted octanol–water partition coefficient (Wildman–Crippen LogP) is 8.70. The third kappa shape index (κ3) is 9.56. The summed E-state index contributed by atoms with van der Waals surface area (Å²) in [4.78, 5) is 23.5. The van der Waals surface area contributed by atoms with E-state index in [4.69, 9.17) is 9.47 Å². The molecule has 3 saturated carbocycles. The van der Waals surface area contributed by atoms with Gasteiger partial charge in [0, 0.05) is 11.1 Å². The van der Waals surface area contributed by atoms with E-state index in [-0.39, 0.29) is 11.9 Å². The Morgan fingerprint density at radius 3 is 1.63 bits per heavy atom. The first-order valence-corrected chi connectivity index (χ1v) is 15.8. The lowest BCUT2D eigenvalue weighted by Gasteiger charge is -2.46. The highest BCUT2D eigenvalue weighted by Gasteiger charge is 2.40. The average Bonchev–Trinajstić information content (AvgIpc) is 2.89. The molecule has 3 rings (SSSR count). The van der Waals surface area contributed by atoms with Crippen LogP contribution in [0.4, 0.5) is 0 Å². The maximum Gasteiger partial charge on any atom is 0.333 e. The summed E-state index contributed by atoms with van der Waals surface area (Å²) in [6, 6.07) is 0. The van der Waals surface area contributed by atoms with Crippen molar-refractivity contribution in [3.05, 3.63) is 24.3 Å². The number of ether oxygens (including phenoxy) is 2. The standard InChI is InChI=1S/C34H56O4/c1-23(2)33(35)37-17-7-9-27-20-28(10-8-18-38-34(36)24(3)4)22-31(21-27)32-16-15-30(19-26(32)6)29-13-11-25(5)12-14-29/h25-32H,1,3,7-22H2,2,4-6H3. The van der Waals surface area contributed by atoms with Crippen LogP contribution in [0.5, 0.6) is 0 Å². The largest absolute Gasteiger partial charge is 0.462 e. The molecular weight excluding hydrogens is 472 g/mol. The van der Waals surface area contributed by atoms with Crippen LogP contribution >= 0.6 is 0 Å². The molecule has 216 valence electrons. The molecule has 3 aliphatic rings. The first-order valence-electron chi connectivity index (χ1n) is 15.8. The van der Waals surface area contributed by atoms with Gasteiger partial charge in [0.05, 0.1) is 13.2 Å². The number of carbonyl (C=O) groups is 2. The summed E-state index contributed by atoms with van der Waals surface area (Å²) >= 11 is 0. The monoisotopic (exact) mass is 528 g/mol. The van der Waals surface area contributed by atoms with Gasteiger partial charge >= 0.3 is 11.9 Å². The molecule has 5 atom stereocenters. The van der Waals surface area contributed by atoms with E-state index in [1.807, 2.05) is 0 Å². The molecule has 3 fully saturated rings. The average molecular weight is 529 g/mol. The molecule has 0 saturated heterocycles. The number of hydrogen-bond donors (Lipinski definition) is 0. The van der Waals surface area contributed by atoms with Crippen molar-refractivity contribution < 1.29 is 19.1 Å². The van der Waals surface area contributed by atoms with Gasteiger partial charge in [-0.05, 0) is 138 Å². The molecule has 5 unspecified atom stereocenters. The Kier molecular flexibility index (Phi) is 12.4. The van der Waals surface area contributed by atoms with Gasteiger partial charge in [0.15, 0.2) is 0 Å². The summed E-state index contributed by atoms with van der Waals surface area (Å²) in [6.07, 6.45) is 18.1. The van der Waals surface area contributed by atoms with Crippen molar-refractivity contribution in [2.75, 3.05) is 13.2 Å². The van der Waals surface area contributed by atoms with Crippen LogP contribution in [0.25, 0.3) is 0 Å². The lowest BCUT2D eigenvalue weighted by molar-refractivity contribution is -0.139. The highest BCUT2D eigenvalue weighted by Crippen LogP contribution is 2.50. The van der Waals surface area contributed by atoms with Gasteiger partial charge in [-0.3, -0.25) is 0 Å². The zero-order valence-electron chi connectivity index (χ0n) is 25.0. The zero-order chi connectivity index (χ0) is 27.7. The van der Waals surface area contributed by atoms with Crippen molar-refractivity contribution in [2.24, 2.45) is 47.3 Å². The Morgan fingerprint density at radius 1 is 0.658 bits per heavy atom. The van der Waals surface area contributed by atoms with E-state index in [0.717, 1.165) is 61.2 Å². The maximum absolute atomic E-state index is 11.8. The van der Waals surface area contributed by atoms with Gasteiger partial charge in [-0.2, -0.15) is 0 Å². The lowest BCUT2D eigenvalue weighted by Crippen LogP contribution is -2.36. The minimum Gasteiger partial charge on any atom is -0.462 e. The van der Waals surface area contributed by atoms with Crippen molar-refractivity contribution in [1.29, 1.82) is 0 Å². The number of rotatable bonds is 12. The molecule has 0 spiro atoms. The van der Waals surface area contributed by atoms with E-state index in [2.05, 4.69) is 27.0 Å². The van der Waals surface area contributed by atoms with Crippen LogP contribution < -0.4 is 0 Å². The van der Waals surface area contributed by atoms with Gasteiger partial charge in [0.25, 0.3) is 0 Å². The first-order chi connectivity index (χ1) is 18.1. The third-order valence-corrected chi connectivity index (χ3v) is 10.2. The summed E-state index contributed by atoms with van der Waals surface area (Å²) in [6.45, 7) is 16.8. The van der Waals surface area contributed by atoms with Crippen LogP contribution in [-0.4, -0.2) is 25.2 Å². The van der Waals surface area contributed by atoms with Crippen molar-refractivity contribution in [3.8, 4) is 0 Å². The smallest absolute Gasteiger partial charge is 0.333 e. The molecule has 0 aromatic carbocycles. The first kappa shape index (κ1) is 31.0. The SMILES string of the molecule is C=C(C)C(=O)OCCCC1CC(CCCOC(=O)C(=C)C)CC(C2CCC(C3CCC(C)CC3)CC2C)C1. The number of hydrogen-bond acceptors (Lipinski definition) is 4. The molecule has 0 aliphatic heterocycles. The van der Waals surface area contributed by atoms with Gasteiger partial charge in [0.2, 0.25) is 0 Å². The van der Waals surface area contributed by atoms with Gasteiger partial charge < -0.3 is 9.47 Å². The lowest BCUT2D eigenvalue weighted by atomic mass is 9.59. The third-order valence-electron chi connectivity index (χ3n) is 10.2. The van der Waals surface area contributed by atoms with Crippen LogP contribution in [0.1, 0.15) is 118 Å². The van der Waals surface area contributed by atoms with Gasteiger partial charge in [-0.1, -0.05) is 39.8 Å². The fourth-order valence-electron chi connectivity index (χ4n) is 8.10. The van der Waals surface area contributed by atoms with Crippen LogP contribution in [0.15, 0.2) is 24.3 Å². The van der Waals surface area contributed by atoms with Crippen molar-refractivity contribution in [2.45, 2.75) is 118 Å². The second-order valence-corrected chi connectivity index (χ2v) is 13.6. The van der Waals surface area contributed by atoms with E-state index in [1.54, 1.807) is 13.8 Å². The van der Waals surface area contributed by atoms with Crippen LogP contribution in [0, 0.1) is 47.3 Å². The predicted molar refractivity (Wildman–Crippen MR) is 155 cm³/mol. The molecule has 4 heteroatoms. The quantitative estimate of drug-likeness (QED) is 0.144.